The van der Waals surface area contributed by atoms with Crippen molar-refractivity contribution in [3.63, 3.8) is 0 Å². The van der Waals surface area contributed by atoms with Crippen LogP contribution in [0.1, 0.15) is 18.5 Å². The Kier molecular flexibility index (Phi) is 6.90. The number of carbonyl (C=O) groups excluding carboxylic acids is 1. The van der Waals surface area contributed by atoms with Gasteiger partial charge in [0.25, 0.3) is 0 Å². The Morgan fingerprint density at radius 1 is 1.03 bits per heavy atom. The summed E-state index contributed by atoms with van der Waals surface area (Å²) in [5.74, 6) is 0.610. The van der Waals surface area contributed by atoms with E-state index < -0.39 is 16.1 Å². The highest BCUT2D eigenvalue weighted by molar-refractivity contribution is 7.89. The molecule has 0 bridgehead atoms. The predicted octanol–water partition coefficient (Wildman–Crippen LogP) is 2.72. The molecular weight excluding hydrogens is 456 g/mol. The fraction of sp³-hybridized carbons (Fsp3) is 0.409. The quantitative estimate of drug-likeness (QED) is 0.587. The third-order valence-electron chi connectivity index (χ3n) is 5.49. The third kappa shape index (κ3) is 4.71. The summed E-state index contributed by atoms with van der Waals surface area (Å²) in [4.78, 5) is 14.8. The van der Waals surface area contributed by atoms with Crippen molar-refractivity contribution in [1.82, 2.24) is 9.21 Å². The van der Waals surface area contributed by atoms with E-state index in [4.69, 9.17) is 25.8 Å². The standard InChI is InChI=1S/C22H25ClN2O6S/c1-2-29-22(26)21(16-3-5-17(23)6-4-16)24-9-11-25(12-10-24)32(27,28)18-7-8-19-20(15-18)31-14-13-30-19/h3-8,15,21H,2,9-14H2,1H3. The molecule has 172 valence electrons. The number of rotatable bonds is 6. The number of benzene rings is 2. The van der Waals surface area contributed by atoms with Gasteiger partial charge in [0.1, 0.15) is 19.3 Å². The summed E-state index contributed by atoms with van der Waals surface area (Å²) in [6, 6.07) is 11.1. The van der Waals surface area contributed by atoms with Crippen LogP contribution in [0.5, 0.6) is 11.5 Å². The van der Waals surface area contributed by atoms with Gasteiger partial charge < -0.3 is 14.2 Å². The van der Waals surface area contributed by atoms with E-state index in [9.17, 15) is 13.2 Å². The highest BCUT2D eigenvalue weighted by Crippen LogP contribution is 2.34. The molecule has 0 amide bonds. The van der Waals surface area contributed by atoms with Crippen LogP contribution < -0.4 is 9.47 Å². The smallest absolute Gasteiger partial charge is 0.328 e. The molecule has 1 fully saturated rings. The number of halogens is 1. The van der Waals surface area contributed by atoms with E-state index in [0.717, 1.165) is 5.56 Å². The molecule has 0 aliphatic carbocycles. The van der Waals surface area contributed by atoms with Crippen LogP contribution in [0.3, 0.4) is 0 Å². The van der Waals surface area contributed by atoms with Gasteiger partial charge in [0.05, 0.1) is 11.5 Å². The lowest BCUT2D eigenvalue weighted by Gasteiger charge is -2.37. The third-order valence-corrected chi connectivity index (χ3v) is 7.63. The molecule has 1 unspecified atom stereocenters. The molecule has 4 rings (SSSR count). The molecule has 1 saturated heterocycles. The summed E-state index contributed by atoms with van der Waals surface area (Å²) in [6.45, 7) is 4.12. The van der Waals surface area contributed by atoms with Gasteiger partial charge in [0.15, 0.2) is 11.5 Å². The van der Waals surface area contributed by atoms with E-state index in [1.165, 1.54) is 16.4 Å². The number of hydrogen-bond donors (Lipinski definition) is 0. The number of ether oxygens (including phenoxy) is 3. The number of esters is 1. The van der Waals surface area contributed by atoms with Crippen LogP contribution in [0, 0.1) is 0 Å². The van der Waals surface area contributed by atoms with Gasteiger partial charge in [-0.1, -0.05) is 23.7 Å². The van der Waals surface area contributed by atoms with Gasteiger partial charge in [-0.05, 0) is 36.8 Å². The molecule has 2 aromatic carbocycles. The number of piperazine rings is 1. The topological polar surface area (TPSA) is 85.4 Å². The normalized spacial score (nSPS) is 18.2. The molecule has 1 atom stereocenters. The maximum absolute atomic E-state index is 13.2. The first-order valence-corrected chi connectivity index (χ1v) is 12.3. The first-order chi connectivity index (χ1) is 15.4. The first kappa shape index (κ1) is 22.8. The van der Waals surface area contributed by atoms with Crippen molar-refractivity contribution in [2.45, 2.75) is 17.9 Å². The second-order valence-electron chi connectivity index (χ2n) is 7.45. The number of sulfonamides is 1. The zero-order chi connectivity index (χ0) is 22.7. The summed E-state index contributed by atoms with van der Waals surface area (Å²) in [6.07, 6.45) is 0. The Morgan fingerprint density at radius 3 is 2.34 bits per heavy atom. The SMILES string of the molecule is CCOC(=O)C(c1ccc(Cl)cc1)N1CCN(S(=O)(=O)c2ccc3c(c2)OCCO3)CC1. The van der Waals surface area contributed by atoms with Gasteiger partial charge >= 0.3 is 5.97 Å². The van der Waals surface area contributed by atoms with E-state index >= 15 is 0 Å². The predicted molar refractivity (Wildman–Crippen MR) is 119 cm³/mol. The van der Waals surface area contributed by atoms with Crippen molar-refractivity contribution in [2.24, 2.45) is 0 Å². The average Bonchev–Trinajstić information content (AvgIpc) is 2.81. The fourth-order valence-corrected chi connectivity index (χ4v) is 5.46. The van der Waals surface area contributed by atoms with E-state index in [2.05, 4.69) is 0 Å². The van der Waals surface area contributed by atoms with Crippen LogP contribution in [0.15, 0.2) is 47.4 Å². The molecule has 0 radical (unpaired) electrons. The first-order valence-electron chi connectivity index (χ1n) is 10.5. The van der Waals surface area contributed by atoms with E-state index in [1.807, 2.05) is 4.90 Å². The van der Waals surface area contributed by atoms with Crippen LogP contribution in [0.4, 0.5) is 0 Å². The van der Waals surface area contributed by atoms with Crippen LogP contribution in [0.2, 0.25) is 5.02 Å². The van der Waals surface area contributed by atoms with Gasteiger partial charge in [-0.25, -0.2) is 13.2 Å². The Labute approximate surface area is 192 Å². The lowest BCUT2D eigenvalue weighted by molar-refractivity contribution is -0.150. The summed E-state index contributed by atoms with van der Waals surface area (Å²) in [7, 11) is -3.71. The van der Waals surface area contributed by atoms with Crippen molar-refractivity contribution in [2.75, 3.05) is 46.0 Å². The van der Waals surface area contributed by atoms with Crippen LogP contribution >= 0.6 is 11.6 Å². The maximum atomic E-state index is 13.2. The maximum Gasteiger partial charge on any atom is 0.328 e. The van der Waals surface area contributed by atoms with Crippen molar-refractivity contribution in [3.8, 4) is 11.5 Å². The van der Waals surface area contributed by atoms with Gasteiger partial charge in [-0.3, -0.25) is 4.90 Å². The van der Waals surface area contributed by atoms with Crippen molar-refractivity contribution in [3.05, 3.63) is 53.1 Å². The minimum atomic E-state index is -3.71. The highest BCUT2D eigenvalue weighted by Gasteiger charge is 2.35. The molecule has 2 aliphatic rings. The minimum absolute atomic E-state index is 0.162. The van der Waals surface area contributed by atoms with E-state index in [0.29, 0.717) is 42.8 Å². The molecule has 8 nitrogen and oxygen atoms in total. The summed E-state index contributed by atoms with van der Waals surface area (Å²) in [5, 5.41) is 0.576. The van der Waals surface area contributed by atoms with Gasteiger partial charge in [-0.2, -0.15) is 4.31 Å². The largest absolute Gasteiger partial charge is 0.486 e. The molecule has 0 saturated carbocycles. The molecule has 2 aromatic rings. The van der Waals surface area contributed by atoms with Gasteiger partial charge in [0, 0.05) is 37.3 Å². The Hall–Kier alpha value is -2.33. The molecule has 2 aliphatic heterocycles. The summed E-state index contributed by atoms with van der Waals surface area (Å²) >= 11 is 5.99. The molecule has 10 heteroatoms. The second-order valence-corrected chi connectivity index (χ2v) is 9.83. The zero-order valence-electron chi connectivity index (χ0n) is 17.7. The minimum Gasteiger partial charge on any atom is -0.486 e. The van der Waals surface area contributed by atoms with E-state index in [-0.39, 0.29) is 30.6 Å². The average molecular weight is 481 g/mol. The Morgan fingerprint density at radius 2 is 1.69 bits per heavy atom. The van der Waals surface area contributed by atoms with E-state index in [1.54, 1.807) is 37.3 Å². The molecule has 0 spiro atoms. The highest BCUT2D eigenvalue weighted by atomic mass is 35.5. The van der Waals surface area contributed by atoms with Crippen LogP contribution in [0.25, 0.3) is 0 Å². The van der Waals surface area contributed by atoms with Gasteiger partial charge in [0.2, 0.25) is 10.0 Å². The molecule has 32 heavy (non-hydrogen) atoms. The van der Waals surface area contributed by atoms with Gasteiger partial charge in [-0.15, -0.1) is 0 Å². The lowest BCUT2D eigenvalue weighted by Crippen LogP contribution is -2.51. The zero-order valence-corrected chi connectivity index (χ0v) is 19.3. The van der Waals surface area contributed by atoms with Crippen molar-refractivity contribution >= 4 is 27.6 Å². The number of fused-ring (bicyclic) bond motifs is 1. The Balaban J connectivity index is 1.50. The molecule has 2 heterocycles. The number of carbonyl (C=O) groups is 1. The fourth-order valence-electron chi connectivity index (χ4n) is 3.90. The molecule has 0 N–H and O–H groups in total. The second kappa shape index (κ2) is 9.66. The van der Waals surface area contributed by atoms with Crippen LogP contribution in [-0.4, -0.2) is 69.6 Å². The van der Waals surface area contributed by atoms with Crippen molar-refractivity contribution in [1.29, 1.82) is 0 Å². The van der Waals surface area contributed by atoms with Crippen molar-refractivity contribution < 1.29 is 27.4 Å². The number of hydrogen-bond acceptors (Lipinski definition) is 7. The Bertz CT molecular complexity index is 1070. The lowest BCUT2D eigenvalue weighted by atomic mass is 10.0. The summed E-state index contributed by atoms with van der Waals surface area (Å²) < 4.78 is 44.1. The summed E-state index contributed by atoms with van der Waals surface area (Å²) in [5.41, 5.74) is 0.760. The van der Waals surface area contributed by atoms with Crippen LogP contribution in [-0.2, 0) is 19.6 Å². The molecule has 0 aromatic heterocycles. The molecular formula is C22H25ClN2O6S. The monoisotopic (exact) mass is 480 g/mol. The number of nitrogens with zero attached hydrogens (tertiary/aromatic N) is 2.